The number of carbonyl (C=O) groups is 2. The molecule has 4 heteroatoms. The third-order valence-electron chi connectivity index (χ3n) is 7.15. The van der Waals surface area contributed by atoms with Crippen molar-refractivity contribution in [1.29, 1.82) is 0 Å². The number of hydrogen-bond donors (Lipinski definition) is 2. The Bertz CT molecular complexity index is 412. The molecule has 2 saturated carbocycles. The molecule has 30 heavy (non-hydrogen) atoms. The lowest BCUT2D eigenvalue weighted by Gasteiger charge is -2.20. The predicted molar refractivity (Wildman–Crippen MR) is 125 cm³/mol. The first kappa shape index (κ1) is 25.2. The van der Waals surface area contributed by atoms with E-state index >= 15 is 0 Å². The molecule has 0 saturated heterocycles. The van der Waals surface area contributed by atoms with Gasteiger partial charge in [0.2, 0.25) is 11.8 Å². The van der Waals surface area contributed by atoms with Crippen molar-refractivity contribution in [2.24, 2.45) is 11.8 Å². The molecule has 0 aromatic carbocycles. The topological polar surface area (TPSA) is 58.2 Å². The summed E-state index contributed by atoms with van der Waals surface area (Å²) in [6.45, 7) is 1.74. The molecule has 0 aromatic rings. The number of rotatable bonds is 15. The van der Waals surface area contributed by atoms with Crippen molar-refractivity contribution >= 4 is 11.8 Å². The van der Waals surface area contributed by atoms with Crippen molar-refractivity contribution < 1.29 is 9.59 Å². The molecule has 2 rings (SSSR count). The van der Waals surface area contributed by atoms with E-state index in [-0.39, 0.29) is 0 Å². The summed E-state index contributed by atoms with van der Waals surface area (Å²) in [5.74, 6) is 1.21. The molecule has 0 aromatic heterocycles. The molecule has 2 aliphatic rings. The van der Waals surface area contributed by atoms with Crippen LogP contribution in [0.1, 0.15) is 128 Å². The van der Waals surface area contributed by atoms with Crippen molar-refractivity contribution in [3.05, 3.63) is 0 Å². The number of hydrogen-bond acceptors (Lipinski definition) is 2. The molecule has 0 aliphatic heterocycles. The van der Waals surface area contributed by atoms with E-state index in [4.69, 9.17) is 0 Å². The van der Waals surface area contributed by atoms with E-state index < -0.39 is 0 Å². The summed E-state index contributed by atoms with van der Waals surface area (Å²) in [7, 11) is 0. The first-order valence-electron chi connectivity index (χ1n) is 13.3. The summed E-state index contributed by atoms with van der Waals surface area (Å²) in [4.78, 5) is 24.1. The Morgan fingerprint density at radius 2 is 0.767 bits per heavy atom. The van der Waals surface area contributed by atoms with E-state index in [0.717, 1.165) is 51.6 Å². The molecule has 0 atom stereocenters. The van der Waals surface area contributed by atoms with Crippen molar-refractivity contribution in [3.8, 4) is 0 Å². The third kappa shape index (κ3) is 11.4. The molecule has 0 heterocycles. The van der Waals surface area contributed by atoms with Crippen LogP contribution in [0.4, 0.5) is 0 Å². The monoisotopic (exact) mass is 420 g/mol. The highest BCUT2D eigenvalue weighted by Crippen LogP contribution is 2.24. The average molecular weight is 421 g/mol. The van der Waals surface area contributed by atoms with Gasteiger partial charge in [-0.3, -0.25) is 9.59 Å². The lowest BCUT2D eigenvalue weighted by molar-refractivity contribution is -0.126. The number of carbonyl (C=O) groups excluding carboxylic acids is 2. The van der Waals surface area contributed by atoms with Crippen LogP contribution in [-0.4, -0.2) is 24.9 Å². The van der Waals surface area contributed by atoms with Gasteiger partial charge < -0.3 is 10.6 Å². The molecular weight excluding hydrogens is 372 g/mol. The zero-order valence-corrected chi connectivity index (χ0v) is 19.5. The maximum Gasteiger partial charge on any atom is 0.223 e. The van der Waals surface area contributed by atoms with Crippen LogP contribution < -0.4 is 10.6 Å². The molecule has 174 valence electrons. The van der Waals surface area contributed by atoms with Crippen molar-refractivity contribution in [2.75, 3.05) is 13.1 Å². The highest BCUT2D eigenvalue weighted by atomic mass is 16.2. The van der Waals surface area contributed by atoms with E-state index in [2.05, 4.69) is 10.6 Å². The van der Waals surface area contributed by atoms with Crippen LogP contribution in [-0.2, 0) is 9.59 Å². The van der Waals surface area contributed by atoms with E-state index in [9.17, 15) is 9.59 Å². The van der Waals surface area contributed by atoms with Crippen LogP contribution in [0.15, 0.2) is 0 Å². The second kappa shape index (κ2) is 16.6. The highest BCUT2D eigenvalue weighted by molar-refractivity contribution is 5.79. The van der Waals surface area contributed by atoms with E-state index in [1.165, 1.54) is 89.9 Å². The Morgan fingerprint density at radius 3 is 1.10 bits per heavy atom. The summed E-state index contributed by atoms with van der Waals surface area (Å²) in [6.07, 6.45) is 24.6. The Kier molecular flexibility index (Phi) is 14.0. The Morgan fingerprint density at radius 1 is 0.467 bits per heavy atom. The van der Waals surface area contributed by atoms with Gasteiger partial charge in [0.15, 0.2) is 0 Å². The van der Waals surface area contributed by atoms with Gasteiger partial charge >= 0.3 is 0 Å². The number of unbranched alkanes of at least 4 members (excludes halogenated alkanes) is 9. The van der Waals surface area contributed by atoms with Crippen molar-refractivity contribution in [2.45, 2.75) is 128 Å². The lowest BCUT2D eigenvalue weighted by atomic mass is 9.88. The SMILES string of the molecule is O=C(NCCCCCCCCCCCCNC(=O)C1CCCCC1)C1CCCCC1. The van der Waals surface area contributed by atoms with Crippen molar-refractivity contribution in [1.82, 2.24) is 10.6 Å². The summed E-state index contributed by atoms with van der Waals surface area (Å²) in [5, 5.41) is 6.30. The minimum Gasteiger partial charge on any atom is -0.356 e. The molecule has 0 bridgehead atoms. The number of nitrogens with one attached hydrogen (secondary N) is 2. The third-order valence-corrected chi connectivity index (χ3v) is 7.15. The van der Waals surface area contributed by atoms with Crippen LogP contribution in [0.5, 0.6) is 0 Å². The molecule has 2 aliphatic carbocycles. The number of amides is 2. The fourth-order valence-corrected chi connectivity index (χ4v) is 5.11. The smallest absolute Gasteiger partial charge is 0.223 e. The molecule has 2 N–H and O–H groups in total. The van der Waals surface area contributed by atoms with Crippen LogP contribution >= 0.6 is 0 Å². The summed E-state index contributed by atoms with van der Waals surface area (Å²) >= 11 is 0. The molecule has 0 spiro atoms. The molecule has 4 nitrogen and oxygen atoms in total. The summed E-state index contributed by atoms with van der Waals surface area (Å²) in [6, 6.07) is 0. The van der Waals surface area contributed by atoms with Gasteiger partial charge in [0.1, 0.15) is 0 Å². The van der Waals surface area contributed by atoms with Gasteiger partial charge in [-0.25, -0.2) is 0 Å². The Labute approximate surface area is 185 Å². The first-order chi connectivity index (χ1) is 14.8. The first-order valence-corrected chi connectivity index (χ1v) is 13.3. The van der Waals surface area contributed by atoms with Gasteiger partial charge in [0.25, 0.3) is 0 Å². The van der Waals surface area contributed by atoms with Gasteiger partial charge in [-0.2, -0.15) is 0 Å². The second-order valence-corrected chi connectivity index (χ2v) is 9.79. The average Bonchev–Trinajstić information content (AvgIpc) is 2.80. The van der Waals surface area contributed by atoms with Gasteiger partial charge in [-0.1, -0.05) is 89.9 Å². The van der Waals surface area contributed by atoms with E-state index in [1.807, 2.05) is 0 Å². The molecule has 2 fully saturated rings. The maximum atomic E-state index is 12.1. The van der Waals surface area contributed by atoms with Crippen LogP contribution in [0.25, 0.3) is 0 Å². The lowest BCUT2D eigenvalue weighted by Crippen LogP contribution is -2.32. The summed E-state index contributed by atoms with van der Waals surface area (Å²) < 4.78 is 0. The van der Waals surface area contributed by atoms with Gasteiger partial charge in [-0.05, 0) is 38.5 Å². The van der Waals surface area contributed by atoms with Crippen molar-refractivity contribution in [3.63, 3.8) is 0 Å². The Balaban J connectivity index is 1.27. The van der Waals surface area contributed by atoms with Crippen LogP contribution in [0, 0.1) is 11.8 Å². The zero-order chi connectivity index (χ0) is 21.3. The van der Waals surface area contributed by atoms with E-state index in [0.29, 0.717) is 23.7 Å². The molecule has 0 unspecified atom stereocenters. The fraction of sp³-hybridized carbons (Fsp3) is 0.923. The van der Waals surface area contributed by atoms with Crippen LogP contribution in [0.3, 0.4) is 0 Å². The van der Waals surface area contributed by atoms with Crippen LogP contribution in [0.2, 0.25) is 0 Å². The molecule has 2 amide bonds. The Hall–Kier alpha value is -1.06. The fourth-order valence-electron chi connectivity index (χ4n) is 5.11. The second-order valence-electron chi connectivity index (χ2n) is 9.79. The quantitative estimate of drug-likeness (QED) is 0.306. The van der Waals surface area contributed by atoms with Gasteiger partial charge in [-0.15, -0.1) is 0 Å². The molecular formula is C26H48N2O2. The van der Waals surface area contributed by atoms with Gasteiger partial charge in [0, 0.05) is 24.9 Å². The predicted octanol–water partition coefficient (Wildman–Crippen LogP) is 6.28. The zero-order valence-electron chi connectivity index (χ0n) is 19.5. The molecule has 0 radical (unpaired) electrons. The van der Waals surface area contributed by atoms with E-state index in [1.54, 1.807) is 0 Å². The minimum absolute atomic E-state index is 0.298. The minimum atomic E-state index is 0.298. The normalized spacial score (nSPS) is 18.3. The highest BCUT2D eigenvalue weighted by Gasteiger charge is 2.21. The maximum absolute atomic E-state index is 12.1. The standard InChI is InChI=1S/C26H48N2O2/c29-25(23-17-11-9-12-18-23)27-21-15-7-5-3-1-2-4-6-8-16-22-28-26(30)24-19-13-10-14-20-24/h23-24H,1-22H2,(H,27,29)(H,28,30). The summed E-state index contributed by atoms with van der Waals surface area (Å²) in [5.41, 5.74) is 0. The van der Waals surface area contributed by atoms with Gasteiger partial charge in [0.05, 0.1) is 0 Å². The largest absolute Gasteiger partial charge is 0.356 e.